The maximum atomic E-state index is 5.32. The standard InChI is InChI=1S/C17H14N2O/c1-10-3-5-16-12(7-10)14-9-18-15-6-4-11(20-2)8-13(15)17(14)19-16/h3-9,19H,1-2H3. The van der Waals surface area contributed by atoms with E-state index in [0.717, 1.165) is 33.1 Å². The average molecular weight is 262 g/mol. The summed E-state index contributed by atoms with van der Waals surface area (Å²) in [5, 5.41) is 3.47. The molecule has 4 aromatic rings. The van der Waals surface area contributed by atoms with E-state index in [1.54, 1.807) is 7.11 Å². The van der Waals surface area contributed by atoms with Crippen LogP contribution in [0.15, 0.2) is 42.6 Å². The van der Waals surface area contributed by atoms with E-state index in [1.807, 2.05) is 24.4 Å². The normalized spacial score (nSPS) is 11.5. The van der Waals surface area contributed by atoms with Crippen LogP contribution in [0.3, 0.4) is 0 Å². The smallest absolute Gasteiger partial charge is 0.119 e. The molecule has 98 valence electrons. The zero-order valence-electron chi connectivity index (χ0n) is 11.4. The summed E-state index contributed by atoms with van der Waals surface area (Å²) < 4.78 is 5.32. The Bertz CT molecular complexity index is 953. The highest BCUT2D eigenvalue weighted by Crippen LogP contribution is 2.31. The van der Waals surface area contributed by atoms with Crippen LogP contribution in [0.4, 0.5) is 0 Å². The van der Waals surface area contributed by atoms with Crippen LogP contribution < -0.4 is 4.74 Å². The molecule has 1 N–H and O–H groups in total. The number of pyridine rings is 1. The fraction of sp³-hybridized carbons (Fsp3) is 0.118. The van der Waals surface area contributed by atoms with Gasteiger partial charge >= 0.3 is 0 Å². The van der Waals surface area contributed by atoms with Gasteiger partial charge in [-0.2, -0.15) is 0 Å². The molecule has 20 heavy (non-hydrogen) atoms. The predicted molar refractivity (Wildman–Crippen MR) is 82.4 cm³/mol. The highest BCUT2D eigenvalue weighted by molar-refractivity contribution is 6.15. The molecule has 0 aliphatic rings. The molecule has 3 nitrogen and oxygen atoms in total. The molecule has 2 aromatic heterocycles. The van der Waals surface area contributed by atoms with E-state index in [4.69, 9.17) is 4.74 Å². The first kappa shape index (κ1) is 11.3. The zero-order chi connectivity index (χ0) is 13.7. The summed E-state index contributed by atoms with van der Waals surface area (Å²) >= 11 is 0. The van der Waals surface area contributed by atoms with Crippen molar-refractivity contribution in [3.05, 3.63) is 48.2 Å². The summed E-state index contributed by atoms with van der Waals surface area (Å²) in [4.78, 5) is 8.07. The number of benzene rings is 2. The molecular formula is C17H14N2O. The number of ether oxygens (including phenoxy) is 1. The molecule has 4 rings (SSSR count). The molecule has 0 radical (unpaired) electrons. The van der Waals surface area contributed by atoms with Crippen molar-refractivity contribution in [3.8, 4) is 5.75 Å². The van der Waals surface area contributed by atoms with Gasteiger partial charge in [-0.1, -0.05) is 11.6 Å². The Kier molecular flexibility index (Phi) is 2.24. The minimum atomic E-state index is 0.849. The van der Waals surface area contributed by atoms with E-state index in [1.165, 1.54) is 10.9 Å². The molecule has 0 saturated carbocycles. The number of hydrogen-bond acceptors (Lipinski definition) is 2. The van der Waals surface area contributed by atoms with Crippen LogP contribution in [0.25, 0.3) is 32.7 Å². The maximum Gasteiger partial charge on any atom is 0.119 e. The lowest BCUT2D eigenvalue weighted by atomic mass is 10.1. The van der Waals surface area contributed by atoms with Gasteiger partial charge in [0.2, 0.25) is 0 Å². The number of methoxy groups -OCH3 is 1. The molecule has 0 atom stereocenters. The van der Waals surface area contributed by atoms with Gasteiger partial charge < -0.3 is 9.72 Å². The number of nitrogens with zero attached hydrogens (tertiary/aromatic N) is 1. The van der Waals surface area contributed by atoms with Crippen molar-refractivity contribution in [2.75, 3.05) is 7.11 Å². The minimum absolute atomic E-state index is 0.849. The summed E-state index contributed by atoms with van der Waals surface area (Å²) in [6.07, 6.45) is 1.95. The Hall–Kier alpha value is -2.55. The monoisotopic (exact) mass is 262 g/mol. The van der Waals surface area contributed by atoms with Crippen LogP contribution >= 0.6 is 0 Å². The molecule has 2 heterocycles. The summed E-state index contributed by atoms with van der Waals surface area (Å²) in [7, 11) is 1.68. The fourth-order valence-electron chi connectivity index (χ4n) is 2.76. The third-order valence-corrected chi connectivity index (χ3v) is 3.80. The van der Waals surface area contributed by atoms with Gasteiger partial charge in [-0.05, 0) is 37.3 Å². The number of rotatable bonds is 1. The summed E-state index contributed by atoms with van der Waals surface area (Å²) in [5.41, 5.74) is 4.49. The number of H-pyrrole nitrogens is 1. The molecule has 0 aliphatic carbocycles. The van der Waals surface area contributed by atoms with E-state index >= 15 is 0 Å². The van der Waals surface area contributed by atoms with E-state index < -0.39 is 0 Å². The Labute approximate surface area is 116 Å². The Morgan fingerprint density at radius 3 is 2.75 bits per heavy atom. The average Bonchev–Trinajstić information content (AvgIpc) is 2.85. The van der Waals surface area contributed by atoms with Gasteiger partial charge in [0.05, 0.1) is 18.1 Å². The topological polar surface area (TPSA) is 37.9 Å². The molecule has 0 saturated heterocycles. The molecule has 0 aliphatic heterocycles. The number of aromatic amines is 1. The molecule has 0 bridgehead atoms. The lowest BCUT2D eigenvalue weighted by molar-refractivity contribution is 0.415. The second-order valence-electron chi connectivity index (χ2n) is 5.10. The van der Waals surface area contributed by atoms with Crippen LogP contribution in [0, 0.1) is 6.92 Å². The minimum Gasteiger partial charge on any atom is -0.497 e. The molecule has 0 unspecified atom stereocenters. The van der Waals surface area contributed by atoms with E-state index in [-0.39, 0.29) is 0 Å². The summed E-state index contributed by atoms with van der Waals surface area (Å²) in [6, 6.07) is 12.4. The molecule has 2 aromatic carbocycles. The quantitative estimate of drug-likeness (QED) is 0.558. The van der Waals surface area contributed by atoms with Gasteiger partial charge in [0.15, 0.2) is 0 Å². The van der Waals surface area contributed by atoms with Gasteiger partial charge in [-0.3, -0.25) is 4.98 Å². The van der Waals surface area contributed by atoms with Gasteiger partial charge in [-0.25, -0.2) is 0 Å². The van der Waals surface area contributed by atoms with Crippen LogP contribution in [-0.2, 0) is 0 Å². The fourth-order valence-corrected chi connectivity index (χ4v) is 2.76. The number of hydrogen-bond donors (Lipinski definition) is 1. The summed E-state index contributed by atoms with van der Waals surface area (Å²) in [5.74, 6) is 0.849. The first-order valence-corrected chi connectivity index (χ1v) is 6.61. The first-order valence-electron chi connectivity index (χ1n) is 6.61. The first-order chi connectivity index (χ1) is 9.76. The number of fused-ring (bicyclic) bond motifs is 5. The third-order valence-electron chi connectivity index (χ3n) is 3.80. The Morgan fingerprint density at radius 2 is 1.90 bits per heavy atom. The highest BCUT2D eigenvalue weighted by Gasteiger charge is 2.09. The van der Waals surface area contributed by atoms with Gasteiger partial charge in [0.25, 0.3) is 0 Å². The van der Waals surface area contributed by atoms with Gasteiger partial charge in [-0.15, -0.1) is 0 Å². The van der Waals surface area contributed by atoms with Crippen LogP contribution in [-0.4, -0.2) is 17.1 Å². The molecule has 0 spiro atoms. The van der Waals surface area contributed by atoms with Crippen molar-refractivity contribution >= 4 is 32.7 Å². The molecular weight excluding hydrogens is 248 g/mol. The van der Waals surface area contributed by atoms with Crippen molar-refractivity contribution < 1.29 is 4.74 Å². The molecule has 0 amide bonds. The number of nitrogens with one attached hydrogen (secondary N) is 1. The lowest BCUT2D eigenvalue weighted by Crippen LogP contribution is -1.85. The summed E-state index contributed by atoms with van der Waals surface area (Å²) in [6.45, 7) is 2.11. The Balaban J connectivity index is 2.20. The van der Waals surface area contributed by atoms with Crippen molar-refractivity contribution in [2.45, 2.75) is 6.92 Å². The van der Waals surface area contributed by atoms with Gasteiger partial charge in [0, 0.05) is 27.9 Å². The molecule has 3 heteroatoms. The van der Waals surface area contributed by atoms with Crippen molar-refractivity contribution in [2.24, 2.45) is 0 Å². The third kappa shape index (κ3) is 1.50. The maximum absolute atomic E-state index is 5.32. The van der Waals surface area contributed by atoms with Crippen molar-refractivity contribution in [1.29, 1.82) is 0 Å². The lowest BCUT2D eigenvalue weighted by Gasteiger charge is -2.03. The van der Waals surface area contributed by atoms with Crippen LogP contribution in [0.2, 0.25) is 0 Å². The highest BCUT2D eigenvalue weighted by atomic mass is 16.5. The number of aryl methyl sites for hydroxylation is 1. The van der Waals surface area contributed by atoms with Crippen LogP contribution in [0.5, 0.6) is 5.75 Å². The SMILES string of the molecule is COc1ccc2ncc3c4cc(C)ccc4[nH]c3c2c1. The van der Waals surface area contributed by atoms with E-state index in [9.17, 15) is 0 Å². The van der Waals surface area contributed by atoms with Crippen molar-refractivity contribution in [3.63, 3.8) is 0 Å². The van der Waals surface area contributed by atoms with E-state index in [0.29, 0.717) is 0 Å². The Morgan fingerprint density at radius 1 is 1.00 bits per heavy atom. The second-order valence-corrected chi connectivity index (χ2v) is 5.10. The van der Waals surface area contributed by atoms with Crippen molar-refractivity contribution in [1.82, 2.24) is 9.97 Å². The largest absolute Gasteiger partial charge is 0.497 e. The molecule has 0 fully saturated rings. The zero-order valence-corrected chi connectivity index (χ0v) is 11.4. The number of aromatic nitrogens is 2. The van der Waals surface area contributed by atoms with Gasteiger partial charge in [0.1, 0.15) is 5.75 Å². The van der Waals surface area contributed by atoms with E-state index in [2.05, 4.69) is 35.1 Å². The predicted octanol–water partition coefficient (Wildman–Crippen LogP) is 4.19. The second kappa shape index (κ2) is 3.97. The van der Waals surface area contributed by atoms with Crippen LogP contribution in [0.1, 0.15) is 5.56 Å².